The summed E-state index contributed by atoms with van der Waals surface area (Å²) in [7, 11) is 1.61. The van der Waals surface area contributed by atoms with Gasteiger partial charge in [0.1, 0.15) is 5.82 Å². The Morgan fingerprint density at radius 3 is 2.83 bits per heavy atom. The highest BCUT2D eigenvalue weighted by molar-refractivity contribution is 5.79. The Morgan fingerprint density at radius 2 is 2.04 bits per heavy atom. The van der Waals surface area contributed by atoms with Crippen molar-refractivity contribution in [3.8, 4) is 29.0 Å². The van der Waals surface area contributed by atoms with Crippen molar-refractivity contribution in [2.75, 3.05) is 13.7 Å². The number of methoxy groups -OCH3 is 1. The minimum atomic E-state index is 0.478. The third kappa shape index (κ3) is 3.27. The number of rotatable bonds is 6. The predicted octanol–water partition coefficient (Wildman–Crippen LogP) is 3.92. The summed E-state index contributed by atoms with van der Waals surface area (Å²) < 4.78 is 11.1. The number of aromatic amines is 1. The van der Waals surface area contributed by atoms with E-state index >= 15 is 0 Å². The second-order valence-corrected chi connectivity index (χ2v) is 5.08. The lowest BCUT2D eigenvalue weighted by Crippen LogP contribution is -1.99. The van der Waals surface area contributed by atoms with E-state index in [0.717, 1.165) is 22.4 Å². The lowest BCUT2D eigenvalue weighted by atomic mass is 10.2. The Hall–Kier alpha value is -3.00. The molecule has 3 aromatic rings. The molecule has 0 fully saturated rings. The summed E-state index contributed by atoms with van der Waals surface area (Å²) in [6.07, 6.45) is 1.17. The maximum Gasteiger partial charge on any atom is 0.161 e. The molecule has 116 valence electrons. The molecule has 0 unspecified atom stereocenters. The molecule has 0 aliphatic carbocycles. The Kier molecular flexibility index (Phi) is 4.44. The number of H-pyrrole nitrogens is 1. The second kappa shape index (κ2) is 6.84. The van der Waals surface area contributed by atoms with Crippen LogP contribution in [0.5, 0.6) is 11.5 Å². The molecule has 0 saturated heterocycles. The molecule has 0 saturated carbocycles. The average Bonchev–Trinajstić information content (AvgIpc) is 3.02. The largest absolute Gasteiger partial charge is 0.493 e. The fraction of sp³-hybridized carbons (Fsp3) is 0.222. The number of hydrogen-bond donors (Lipinski definition) is 1. The van der Waals surface area contributed by atoms with Crippen LogP contribution in [0.4, 0.5) is 0 Å². The van der Waals surface area contributed by atoms with Crippen LogP contribution in [0.2, 0.25) is 0 Å². The molecule has 5 heteroatoms. The summed E-state index contributed by atoms with van der Waals surface area (Å²) in [6, 6.07) is 15.7. The summed E-state index contributed by atoms with van der Waals surface area (Å²) in [5.41, 5.74) is 2.85. The second-order valence-electron chi connectivity index (χ2n) is 5.08. The molecule has 0 atom stereocenters. The molecule has 0 spiro atoms. The topological polar surface area (TPSA) is 70.9 Å². The van der Waals surface area contributed by atoms with E-state index in [2.05, 4.69) is 16.0 Å². The first kappa shape index (κ1) is 14.9. The Labute approximate surface area is 134 Å². The van der Waals surface area contributed by atoms with E-state index < -0.39 is 0 Å². The smallest absolute Gasteiger partial charge is 0.161 e. The van der Waals surface area contributed by atoms with Gasteiger partial charge in [-0.3, -0.25) is 0 Å². The first-order valence-corrected chi connectivity index (χ1v) is 7.44. The quantitative estimate of drug-likeness (QED) is 0.701. The number of nitriles is 1. The number of imidazole rings is 1. The minimum absolute atomic E-state index is 0.478. The van der Waals surface area contributed by atoms with Gasteiger partial charge in [0.15, 0.2) is 11.5 Å². The van der Waals surface area contributed by atoms with E-state index in [9.17, 15) is 0 Å². The van der Waals surface area contributed by atoms with Crippen LogP contribution >= 0.6 is 0 Å². The van der Waals surface area contributed by atoms with Gasteiger partial charge in [-0.2, -0.15) is 5.26 Å². The van der Waals surface area contributed by atoms with Crippen molar-refractivity contribution in [3.05, 3.63) is 42.5 Å². The van der Waals surface area contributed by atoms with Gasteiger partial charge in [-0.25, -0.2) is 4.98 Å². The lowest BCUT2D eigenvalue weighted by molar-refractivity contribution is 0.291. The van der Waals surface area contributed by atoms with Crippen molar-refractivity contribution in [1.82, 2.24) is 9.97 Å². The van der Waals surface area contributed by atoms with Gasteiger partial charge in [-0.1, -0.05) is 12.1 Å². The van der Waals surface area contributed by atoms with Crippen molar-refractivity contribution in [2.45, 2.75) is 12.8 Å². The van der Waals surface area contributed by atoms with E-state index in [1.54, 1.807) is 7.11 Å². The Bertz CT molecular complexity index is 816. The van der Waals surface area contributed by atoms with E-state index in [1.807, 2.05) is 42.5 Å². The fourth-order valence-corrected chi connectivity index (χ4v) is 2.36. The third-order valence-corrected chi connectivity index (χ3v) is 3.52. The zero-order valence-electron chi connectivity index (χ0n) is 12.9. The van der Waals surface area contributed by atoms with Gasteiger partial charge in [0.05, 0.1) is 30.8 Å². The summed E-state index contributed by atoms with van der Waals surface area (Å²) in [6.45, 7) is 0.480. The number of aromatic nitrogens is 2. The van der Waals surface area contributed by atoms with Crippen LogP contribution < -0.4 is 9.47 Å². The zero-order valence-corrected chi connectivity index (χ0v) is 12.9. The van der Waals surface area contributed by atoms with E-state index in [1.165, 1.54) is 0 Å². The van der Waals surface area contributed by atoms with Crippen LogP contribution in [0, 0.1) is 11.3 Å². The van der Waals surface area contributed by atoms with E-state index in [0.29, 0.717) is 30.9 Å². The SMILES string of the molecule is COc1ccc(-c2nc3ccccc3[nH]2)cc1OCCCC#N. The van der Waals surface area contributed by atoms with E-state index in [4.69, 9.17) is 14.7 Å². The first-order valence-electron chi connectivity index (χ1n) is 7.44. The molecular formula is C18H17N3O2. The molecule has 0 amide bonds. The lowest BCUT2D eigenvalue weighted by Gasteiger charge is -2.11. The maximum absolute atomic E-state index is 8.58. The van der Waals surface area contributed by atoms with E-state index in [-0.39, 0.29) is 0 Å². The third-order valence-electron chi connectivity index (χ3n) is 3.52. The summed E-state index contributed by atoms with van der Waals surface area (Å²) in [5.74, 6) is 2.11. The van der Waals surface area contributed by atoms with Gasteiger partial charge >= 0.3 is 0 Å². The summed E-state index contributed by atoms with van der Waals surface area (Å²) in [4.78, 5) is 7.90. The van der Waals surface area contributed by atoms with Gasteiger partial charge in [-0.05, 0) is 36.8 Å². The Morgan fingerprint density at radius 1 is 1.17 bits per heavy atom. The van der Waals surface area contributed by atoms with Crippen LogP contribution in [0.3, 0.4) is 0 Å². The van der Waals surface area contributed by atoms with Gasteiger partial charge in [0, 0.05) is 12.0 Å². The number of hydrogen-bond acceptors (Lipinski definition) is 4. The number of para-hydroxylation sites is 2. The van der Waals surface area contributed by atoms with Gasteiger partial charge < -0.3 is 14.5 Å². The zero-order chi connectivity index (χ0) is 16.1. The standard InChI is InChI=1S/C18H17N3O2/c1-22-16-9-8-13(12-17(16)23-11-5-4-10-19)18-20-14-6-2-3-7-15(14)21-18/h2-3,6-9,12H,4-5,11H2,1H3,(H,20,21). The number of nitrogens with zero attached hydrogens (tertiary/aromatic N) is 2. The normalized spacial score (nSPS) is 10.4. The number of benzene rings is 2. The van der Waals surface area contributed by atoms with Gasteiger partial charge in [0.25, 0.3) is 0 Å². The molecule has 1 heterocycles. The molecule has 1 N–H and O–H groups in total. The summed E-state index contributed by atoms with van der Waals surface area (Å²) >= 11 is 0. The molecule has 1 aromatic heterocycles. The number of ether oxygens (including phenoxy) is 2. The molecule has 0 aliphatic rings. The minimum Gasteiger partial charge on any atom is -0.493 e. The monoisotopic (exact) mass is 307 g/mol. The Balaban J connectivity index is 1.88. The highest BCUT2D eigenvalue weighted by Gasteiger charge is 2.10. The van der Waals surface area contributed by atoms with Crippen molar-refractivity contribution in [2.24, 2.45) is 0 Å². The van der Waals surface area contributed by atoms with Crippen LogP contribution in [0.1, 0.15) is 12.8 Å². The van der Waals surface area contributed by atoms with Crippen LogP contribution in [-0.4, -0.2) is 23.7 Å². The van der Waals surface area contributed by atoms with Crippen LogP contribution in [0.15, 0.2) is 42.5 Å². The van der Waals surface area contributed by atoms with Crippen LogP contribution in [0.25, 0.3) is 22.4 Å². The molecular weight excluding hydrogens is 290 g/mol. The molecule has 0 aliphatic heterocycles. The molecule has 3 rings (SSSR count). The maximum atomic E-state index is 8.58. The molecule has 5 nitrogen and oxygen atoms in total. The van der Waals surface area contributed by atoms with Crippen LogP contribution in [-0.2, 0) is 0 Å². The number of nitrogens with one attached hydrogen (secondary N) is 1. The van der Waals surface area contributed by atoms with Gasteiger partial charge in [-0.15, -0.1) is 0 Å². The number of fused-ring (bicyclic) bond motifs is 1. The van der Waals surface area contributed by atoms with Crippen molar-refractivity contribution >= 4 is 11.0 Å². The van der Waals surface area contributed by atoms with Crippen molar-refractivity contribution in [3.63, 3.8) is 0 Å². The average molecular weight is 307 g/mol. The number of unbranched alkanes of at least 4 members (excludes halogenated alkanes) is 1. The molecule has 0 bridgehead atoms. The molecule has 2 aromatic carbocycles. The van der Waals surface area contributed by atoms with Crippen molar-refractivity contribution < 1.29 is 9.47 Å². The molecule has 23 heavy (non-hydrogen) atoms. The predicted molar refractivity (Wildman–Crippen MR) is 88.4 cm³/mol. The first-order chi connectivity index (χ1) is 11.3. The highest BCUT2D eigenvalue weighted by Crippen LogP contribution is 2.32. The summed E-state index contributed by atoms with van der Waals surface area (Å²) in [5, 5.41) is 8.58. The van der Waals surface area contributed by atoms with Crippen molar-refractivity contribution in [1.29, 1.82) is 5.26 Å². The fourth-order valence-electron chi connectivity index (χ4n) is 2.36. The highest BCUT2D eigenvalue weighted by atomic mass is 16.5. The van der Waals surface area contributed by atoms with Gasteiger partial charge in [0.2, 0.25) is 0 Å². The molecule has 0 radical (unpaired) electrons.